The van der Waals surface area contributed by atoms with Gasteiger partial charge in [0.15, 0.2) is 0 Å². The number of hydrogen-bond donors (Lipinski definition) is 1. The molecule has 0 spiro atoms. The highest BCUT2D eigenvalue weighted by Crippen LogP contribution is 2.16. The Balaban J connectivity index is 2.59. The molecule has 1 aromatic carbocycles. The average Bonchev–Trinajstić information content (AvgIpc) is 2.60. The third-order valence-corrected chi connectivity index (χ3v) is 2.27. The maximum atomic E-state index is 8.56. The minimum absolute atomic E-state index is 0.345. The lowest BCUT2D eigenvalue weighted by molar-refractivity contribution is 1.07. The standard InChI is InChI=1S/C11H11N3/c1-2-8-4-3-5-9-11(8)14-10(13-9)6-7-12/h3-5H,2,6H2,1H3,(H,13,14). The highest BCUT2D eigenvalue weighted by atomic mass is 14.9. The summed E-state index contributed by atoms with van der Waals surface area (Å²) in [6.07, 6.45) is 1.31. The summed E-state index contributed by atoms with van der Waals surface area (Å²) in [4.78, 5) is 7.53. The first kappa shape index (κ1) is 8.76. The lowest BCUT2D eigenvalue weighted by Gasteiger charge is -1.95. The summed E-state index contributed by atoms with van der Waals surface area (Å²) in [6.45, 7) is 2.10. The smallest absolute Gasteiger partial charge is 0.121 e. The third-order valence-electron chi connectivity index (χ3n) is 2.27. The first-order valence-corrected chi connectivity index (χ1v) is 4.68. The topological polar surface area (TPSA) is 52.5 Å². The van der Waals surface area contributed by atoms with E-state index in [1.54, 1.807) is 0 Å². The molecular weight excluding hydrogens is 174 g/mol. The molecule has 0 amide bonds. The lowest BCUT2D eigenvalue weighted by Crippen LogP contribution is -1.83. The van der Waals surface area contributed by atoms with Gasteiger partial charge in [-0.25, -0.2) is 4.98 Å². The number of para-hydroxylation sites is 1. The highest BCUT2D eigenvalue weighted by molar-refractivity contribution is 5.78. The number of aromatic nitrogens is 2. The molecular formula is C11H11N3. The second-order valence-corrected chi connectivity index (χ2v) is 3.19. The zero-order valence-electron chi connectivity index (χ0n) is 8.04. The average molecular weight is 185 g/mol. The van der Waals surface area contributed by atoms with Crippen molar-refractivity contribution in [2.45, 2.75) is 19.8 Å². The summed E-state index contributed by atoms with van der Waals surface area (Å²) >= 11 is 0. The van der Waals surface area contributed by atoms with Gasteiger partial charge in [0.05, 0.1) is 23.5 Å². The van der Waals surface area contributed by atoms with E-state index in [1.165, 1.54) is 5.56 Å². The van der Waals surface area contributed by atoms with Crippen LogP contribution in [0.5, 0.6) is 0 Å². The molecule has 0 aliphatic rings. The molecule has 0 atom stereocenters. The van der Waals surface area contributed by atoms with Crippen LogP contribution in [0.3, 0.4) is 0 Å². The lowest BCUT2D eigenvalue weighted by atomic mass is 10.1. The quantitative estimate of drug-likeness (QED) is 0.779. The van der Waals surface area contributed by atoms with E-state index in [2.05, 4.69) is 29.0 Å². The summed E-state index contributed by atoms with van der Waals surface area (Å²) in [5.74, 6) is 0.753. The fraction of sp³-hybridized carbons (Fsp3) is 0.273. The van der Waals surface area contributed by atoms with Crippen LogP contribution in [0.15, 0.2) is 18.2 Å². The minimum atomic E-state index is 0.345. The number of nitrogens with one attached hydrogen (secondary N) is 1. The summed E-state index contributed by atoms with van der Waals surface area (Å²) in [5.41, 5.74) is 3.25. The van der Waals surface area contributed by atoms with Gasteiger partial charge in [0.2, 0.25) is 0 Å². The van der Waals surface area contributed by atoms with Crippen LogP contribution in [0.2, 0.25) is 0 Å². The van der Waals surface area contributed by atoms with E-state index in [0.717, 1.165) is 23.3 Å². The fourth-order valence-corrected chi connectivity index (χ4v) is 1.59. The maximum absolute atomic E-state index is 8.56. The molecule has 2 aromatic rings. The van der Waals surface area contributed by atoms with Gasteiger partial charge in [-0.2, -0.15) is 5.26 Å². The Morgan fingerprint density at radius 2 is 2.36 bits per heavy atom. The van der Waals surface area contributed by atoms with E-state index in [-0.39, 0.29) is 0 Å². The normalized spacial score (nSPS) is 10.3. The molecule has 0 radical (unpaired) electrons. The van der Waals surface area contributed by atoms with Crippen LogP contribution in [0, 0.1) is 11.3 Å². The summed E-state index contributed by atoms with van der Waals surface area (Å²) in [5, 5.41) is 8.56. The van der Waals surface area contributed by atoms with Gasteiger partial charge in [0.1, 0.15) is 5.82 Å². The molecule has 0 bridgehead atoms. The molecule has 0 saturated heterocycles. The van der Waals surface area contributed by atoms with Gasteiger partial charge in [-0.3, -0.25) is 0 Å². The summed E-state index contributed by atoms with van der Waals surface area (Å²) in [7, 11) is 0. The van der Waals surface area contributed by atoms with E-state index < -0.39 is 0 Å². The minimum Gasteiger partial charge on any atom is -0.341 e. The van der Waals surface area contributed by atoms with Crippen LogP contribution in [0.1, 0.15) is 18.3 Å². The second kappa shape index (κ2) is 3.51. The molecule has 1 aromatic heterocycles. The van der Waals surface area contributed by atoms with Crippen LogP contribution in [0.25, 0.3) is 11.0 Å². The number of aromatic amines is 1. The van der Waals surface area contributed by atoms with Crippen molar-refractivity contribution in [3.05, 3.63) is 29.6 Å². The molecule has 3 heteroatoms. The molecule has 14 heavy (non-hydrogen) atoms. The Kier molecular flexibility index (Phi) is 2.19. The Morgan fingerprint density at radius 1 is 1.50 bits per heavy atom. The number of imidazole rings is 1. The van der Waals surface area contributed by atoms with E-state index in [0.29, 0.717) is 6.42 Å². The third kappa shape index (κ3) is 1.35. The number of hydrogen-bond acceptors (Lipinski definition) is 2. The first-order chi connectivity index (χ1) is 6.85. The van der Waals surface area contributed by atoms with Crippen LogP contribution < -0.4 is 0 Å². The highest BCUT2D eigenvalue weighted by Gasteiger charge is 2.04. The van der Waals surface area contributed by atoms with Crippen molar-refractivity contribution in [3.63, 3.8) is 0 Å². The van der Waals surface area contributed by atoms with E-state index in [4.69, 9.17) is 5.26 Å². The van der Waals surface area contributed by atoms with Crippen LogP contribution in [-0.2, 0) is 12.8 Å². The zero-order chi connectivity index (χ0) is 9.97. The van der Waals surface area contributed by atoms with Gasteiger partial charge in [-0.15, -0.1) is 0 Å². The number of fused-ring (bicyclic) bond motifs is 1. The predicted octanol–water partition coefficient (Wildman–Crippen LogP) is 2.19. The van der Waals surface area contributed by atoms with Crippen molar-refractivity contribution in [1.29, 1.82) is 5.26 Å². The van der Waals surface area contributed by atoms with Gasteiger partial charge in [0.25, 0.3) is 0 Å². The maximum Gasteiger partial charge on any atom is 0.121 e. The van der Waals surface area contributed by atoms with Crippen LogP contribution >= 0.6 is 0 Å². The monoisotopic (exact) mass is 185 g/mol. The van der Waals surface area contributed by atoms with Crippen molar-refractivity contribution in [1.82, 2.24) is 9.97 Å². The van der Waals surface area contributed by atoms with Crippen LogP contribution in [-0.4, -0.2) is 9.97 Å². The second-order valence-electron chi connectivity index (χ2n) is 3.19. The number of nitriles is 1. The number of aryl methyl sites for hydroxylation is 1. The summed E-state index contributed by atoms with van der Waals surface area (Å²) in [6, 6.07) is 8.16. The van der Waals surface area contributed by atoms with Gasteiger partial charge in [-0.1, -0.05) is 19.1 Å². The van der Waals surface area contributed by atoms with Crippen LogP contribution in [0.4, 0.5) is 0 Å². The molecule has 1 heterocycles. The molecule has 0 saturated carbocycles. The molecule has 0 fully saturated rings. The van der Waals surface area contributed by atoms with Crippen molar-refractivity contribution in [3.8, 4) is 6.07 Å². The summed E-state index contributed by atoms with van der Waals surface area (Å²) < 4.78 is 0. The van der Waals surface area contributed by atoms with Crippen molar-refractivity contribution >= 4 is 11.0 Å². The zero-order valence-corrected chi connectivity index (χ0v) is 8.04. The largest absolute Gasteiger partial charge is 0.341 e. The van der Waals surface area contributed by atoms with Gasteiger partial charge < -0.3 is 4.98 Å². The fourth-order valence-electron chi connectivity index (χ4n) is 1.59. The number of H-pyrrole nitrogens is 1. The molecule has 0 unspecified atom stereocenters. The van der Waals surface area contributed by atoms with E-state index in [1.807, 2.05) is 12.1 Å². The van der Waals surface area contributed by atoms with Crippen molar-refractivity contribution < 1.29 is 0 Å². The van der Waals surface area contributed by atoms with E-state index >= 15 is 0 Å². The SMILES string of the molecule is CCc1cccc2[nH]c(CC#N)nc12. The predicted molar refractivity (Wildman–Crippen MR) is 54.8 cm³/mol. The van der Waals surface area contributed by atoms with Crippen molar-refractivity contribution in [2.24, 2.45) is 0 Å². The number of nitrogens with zero attached hydrogens (tertiary/aromatic N) is 2. The van der Waals surface area contributed by atoms with Gasteiger partial charge >= 0.3 is 0 Å². The molecule has 2 rings (SSSR count). The Bertz CT molecular complexity index is 491. The molecule has 0 aliphatic carbocycles. The number of rotatable bonds is 2. The van der Waals surface area contributed by atoms with E-state index in [9.17, 15) is 0 Å². The Labute approximate surface area is 82.4 Å². The molecule has 70 valence electrons. The molecule has 3 nitrogen and oxygen atoms in total. The first-order valence-electron chi connectivity index (χ1n) is 4.68. The van der Waals surface area contributed by atoms with Crippen molar-refractivity contribution in [2.75, 3.05) is 0 Å². The Morgan fingerprint density at radius 3 is 3.07 bits per heavy atom. The van der Waals surface area contributed by atoms with Gasteiger partial charge in [-0.05, 0) is 18.1 Å². The molecule has 1 N–H and O–H groups in total. The Hall–Kier alpha value is -1.82. The molecule has 0 aliphatic heterocycles. The number of benzene rings is 1. The van der Waals surface area contributed by atoms with Gasteiger partial charge in [0, 0.05) is 0 Å².